The fourth-order valence-electron chi connectivity index (χ4n) is 3.24. The van der Waals surface area contributed by atoms with E-state index in [-0.39, 0.29) is 17.0 Å². The minimum absolute atomic E-state index is 0.0353. The second-order valence-electron chi connectivity index (χ2n) is 6.63. The molecule has 1 atom stereocenters. The number of amides is 2. The lowest BCUT2D eigenvalue weighted by molar-refractivity contribution is -0.132. The molecule has 0 aliphatic carbocycles. The fourth-order valence-corrected chi connectivity index (χ4v) is 3.24. The summed E-state index contributed by atoms with van der Waals surface area (Å²) < 4.78 is 0. The number of carboxylic acid groups (broad SMARTS) is 1. The molecular formula is C21H22N2O4. The highest BCUT2D eigenvalue weighted by Crippen LogP contribution is 2.13. The van der Waals surface area contributed by atoms with Gasteiger partial charge in [-0.3, -0.25) is 9.59 Å². The van der Waals surface area contributed by atoms with Crippen LogP contribution in [0.3, 0.4) is 0 Å². The molecule has 6 heteroatoms. The van der Waals surface area contributed by atoms with Crippen LogP contribution in [-0.4, -0.2) is 46.9 Å². The first-order valence-corrected chi connectivity index (χ1v) is 9.01. The molecule has 0 spiro atoms. The Bertz CT molecular complexity index is 829. The van der Waals surface area contributed by atoms with Gasteiger partial charge in [0.1, 0.15) is 6.04 Å². The van der Waals surface area contributed by atoms with E-state index in [0.29, 0.717) is 19.5 Å². The maximum Gasteiger partial charge on any atom is 0.335 e. The van der Waals surface area contributed by atoms with E-state index in [1.165, 1.54) is 18.2 Å². The van der Waals surface area contributed by atoms with E-state index in [9.17, 15) is 14.4 Å². The van der Waals surface area contributed by atoms with Crippen LogP contribution < -0.4 is 5.32 Å². The molecule has 6 nitrogen and oxygen atoms in total. The Balaban J connectivity index is 1.79. The predicted octanol–water partition coefficient (Wildman–Crippen LogP) is 2.35. The number of nitrogens with zero attached hydrogens (tertiary/aromatic N) is 1. The standard InChI is InChI=1S/C21H22N2O4/c24-19(16-9-6-10-17(14-16)21(26)27)22-18(13-15-7-2-1-3-8-15)20(25)23-11-4-5-12-23/h1-3,6-10,14,18H,4-5,11-13H2,(H,22,24)(H,26,27). The van der Waals surface area contributed by atoms with Crippen molar-refractivity contribution in [3.8, 4) is 0 Å². The zero-order chi connectivity index (χ0) is 19.2. The first-order chi connectivity index (χ1) is 13.0. The first kappa shape index (κ1) is 18.6. The third kappa shape index (κ3) is 4.73. The maximum absolute atomic E-state index is 12.9. The summed E-state index contributed by atoms with van der Waals surface area (Å²) in [6.07, 6.45) is 2.33. The summed E-state index contributed by atoms with van der Waals surface area (Å²) in [5.41, 5.74) is 1.21. The van der Waals surface area contributed by atoms with Gasteiger partial charge in [0.05, 0.1) is 5.56 Å². The lowest BCUT2D eigenvalue weighted by atomic mass is 10.0. The van der Waals surface area contributed by atoms with Gasteiger partial charge in [-0.25, -0.2) is 4.79 Å². The molecule has 2 aromatic rings. The molecule has 0 saturated carbocycles. The molecule has 1 unspecified atom stereocenters. The van der Waals surface area contributed by atoms with Gasteiger partial charge in [0.15, 0.2) is 0 Å². The van der Waals surface area contributed by atoms with E-state index in [2.05, 4.69) is 5.32 Å². The first-order valence-electron chi connectivity index (χ1n) is 9.01. The van der Waals surface area contributed by atoms with Crippen molar-refractivity contribution < 1.29 is 19.5 Å². The van der Waals surface area contributed by atoms with E-state index in [4.69, 9.17) is 5.11 Å². The molecule has 2 amide bonds. The van der Waals surface area contributed by atoms with Crippen molar-refractivity contribution in [3.05, 3.63) is 71.3 Å². The molecule has 2 aromatic carbocycles. The van der Waals surface area contributed by atoms with Gasteiger partial charge in [0, 0.05) is 25.1 Å². The molecule has 1 aliphatic rings. The van der Waals surface area contributed by atoms with Gasteiger partial charge in [-0.2, -0.15) is 0 Å². The molecule has 1 fully saturated rings. The Labute approximate surface area is 157 Å². The van der Waals surface area contributed by atoms with Crippen molar-refractivity contribution in [2.45, 2.75) is 25.3 Å². The van der Waals surface area contributed by atoms with E-state index in [1.807, 2.05) is 30.3 Å². The van der Waals surface area contributed by atoms with Crippen LogP contribution in [0, 0.1) is 0 Å². The lowest BCUT2D eigenvalue weighted by Gasteiger charge is -2.24. The summed E-state index contributed by atoms with van der Waals surface area (Å²) in [6.45, 7) is 1.41. The number of benzene rings is 2. The largest absolute Gasteiger partial charge is 0.478 e. The van der Waals surface area contributed by atoms with Gasteiger partial charge >= 0.3 is 5.97 Å². The average Bonchev–Trinajstić information content (AvgIpc) is 3.22. The Morgan fingerprint density at radius 1 is 0.963 bits per heavy atom. The molecule has 1 aliphatic heterocycles. The minimum atomic E-state index is -1.10. The van der Waals surface area contributed by atoms with Gasteiger partial charge in [-0.1, -0.05) is 36.4 Å². The molecule has 140 valence electrons. The molecule has 2 N–H and O–H groups in total. The Morgan fingerprint density at radius 3 is 2.30 bits per heavy atom. The summed E-state index contributed by atoms with van der Waals surface area (Å²) in [5.74, 6) is -1.65. The Morgan fingerprint density at radius 2 is 1.63 bits per heavy atom. The number of rotatable bonds is 6. The quantitative estimate of drug-likeness (QED) is 0.822. The van der Waals surface area contributed by atoms with Crippen molar-refractivity contribution in [2.75, 3.05) is 13.1 Å². The Hall–Kier alpha value is -3.15. The van der Waals surface area contributed by atoms with Crippen LogP contribution in [0.4, 0.5) is 0 Å². The predicted molar refractivity (Wildman–Crippen MR) is 101 cm³/mol. The topological polar surface area (TPSA) is 86.7 Å². The number of aromatic carboxylic acids is 1. The monoisotopic (exact) mass is 366 g/mol. The van der Waals surface area contributed by atoms with Gasteiger partial charge in [-0.05, 0) is 36.6 Å². The van der Waals surface area contributed by atoms with E-state index < -0.39 is 17.9 Å². The molecule has 0 radical (unpaired) electrons. The van der Waals surface area contributed by atoms with Crippen LogP contribution in [0.1, 0.15) is 39.1 Å². The van der Waals surface area contributed by atoms with Crippen LogP contribution in [0.15, 0.2) is 54.6 Å². The van der Waals surface area contributed by atoms with E-state index in [0.717, 1.165) is 18.4 Å². The van der Waals surface area contributed by atoms with Crippen LogP contribution >= 0.6 is 0 Å². The minimum Gasteiger partial charge on any atom is -0.478 e. The lowest BCUT2D eigenvalue weighted by Crippen LogP contribution is -2.49. The molecule has 27 heavy (non-hydrogen) atoms. The summed E-state index contributed by atoms with van der Waals surface area (Å²) >= 11 is 0. The number of carbonyl (C=O) groups is 3. The highest BCUT2D eigenvalue weighted by Gasteiger charge is 2.28. The maximum atomic E-state index is 12.9. The summed E-state index contributed by atoms with van der Waals surface area (Å²) in [6, 6.07) is 14.6. The van der Waals surface area contributed by atoms with Crippen LogP contribution in [0.5, 0.6) is 0 Å². The number of likely N-dealkylation sites (tertiary alicyclic amines) is 1. The summed E-state index contributed by atoms with van der Waals surface area (Å²) in [5, 5.41) is 11.9. The zero-order valence-electron chi connectivity index (χ0n) is 14.9. The average molecular weight is 366 g/mol. The molecule has 3 rings (SSSR count). The van der Waals surface area contributed by atoms with Crippen molar-refractivity contribution in [2.24, 2.45) is 0 Å². The second-order valence-corrected chi connectivity index (χ2v) is 6.63. The smallest absolute Gasteiger partial charge is 0.335 e. The number of hydrogen-bond donors (Lipinski definition) is 2. The highest BCUT2D eigenvalue weighted by molar-refractivity contribution is 5.99. The van der Waals surface area contributed by atoms with Crippen molar-refractivity contribution >= 4 is 17.8 Å². The third-order valence-corrected chi connectivity index (χ3v) is 4.68. The SMILES string of the molecule is O=C(O)c1cccc(C(=O)NC(Cc2ccccc2)C(=O)N2CCCC2)c1. The van der Waals surface area contributed by atoms with Crippen LogP contribution in [-0.2, 0) is 11.2 Å². The normalized spacial score (nSPS) is 14.6. The van der Waals surface area contributed by atoms with Crippen molar-refractivity contribution in [1.82, 2.24) is 10.2 Å². The van der Waals surface area contributed by atoms with Gasteiger partial charge in [0.25, 0.3) is 5.91 Å². The summed E-state index contributed by atoms with van der Waals surface area (Å²) in [7, 11) is 0. The van der Waals surface area contributed by atoms with E-state index in [1.54, 1.807) is 11.0 Å². The third-order valence-electron chi connectivity index (χ3n) is 4.68. The van der Waals surface area contributed by atoms with Gasteiger partial charge < -0.3 is 15.3 Å². The van der Waals surface area contributed by atoms with Crippen LogP contribution in [0.25, 0.3) is 0 Å². The van der Waals surface area contributed by atoms with Crippen molar-refractivity contribution in [1.29, 1.82) is 0 Å². The van der Waals surface area contributed by atoms with Crippen LogP contribution in [0.2, 0.25) is 0 Å². The molecule has 0 aromatic heterocycles. The molecule has 0 bridgehead atoms. The fraction of sp³-hybridized carbons (Fsp3) is 0.286. The van der Waals surface area contributed by atoms with Gasteiger partial charge in [0.2, 0.25) is 5.91 Å². The van der Waals surface area contributed by atoms with Crippen molar-refractivity contribution in [3.63, 3.8) is 0 Å². The molecule has 1 heterocycles. The van der Waals surface area contributed by atoms with E-state index >= 15 is 0 Å². The van der Waals surface area contributed by atoms with Gasteiger partial charge in [-0.15, -0.1) is 0 Å². The Kier molecular flexibility index (Phi) is 5.86. The number of carbonyl (C=O) groups excluding carboxylic acids is 2. The number of hydrogen-bond acceptors (Lipinski definition) is 3. The number of carboxylic acids is 1. The highest BCUT2D eigenvalue weighted by atomic mass is 16.4. The number of nitrogens with one attached hydrogen (secondary N) is 1. The molecular weight excluding hydrogens is 344 g/mol. The summed E-state index contributed by atoms with van der Waals surface area (Å²) in [4.78, 5) is 38.5. The zero-order valence-corrected chi connectivity index (χ0v) is 14.9. The second kappa shape index (κ2) is 8.49. The molecule has 1 saturated heterocycles.